The van der Waals surface area contributed by atoms with Crippen molar-refractivity contribution in [2.24, 2.45) is 0 Å². The Morgan fingerprint density at radius 2 is 1.91 bits per heavy atom. The summed E-state index contributed by atoms with van der Waals surface area (Å²) in [6.07, 6.45) is 0.402. The molecule has 1 aromatic rings. The van der Waals surface area contributed by atoms with Gasteiger partial charge in [-0.2, -0.15) is 0 Å². The van der Waals surface area contributed by atoms with Crippen LogP contribution < -0.4 is 9.47 Å². The SMILES string of the molecule is COc1ccc(OC)c(C[C@@H](C(=O)O)N2CCN(C)CC2)c1. The molecule has 1 aliphatic rings. The van der Waals surface area contributed by atoms with Gasteiger partial charge in [-0.1, -0.05) is 0 Å². The molecule has 0 bridgehead atoms. The van der Waals surface area contributed by atoms with E-state index in [1.165, 1.54) is 0 Å². The third-order valence-electron chi connectivity index (χ3n) is 4.16. The van der Waals surface area contributed by atoms with E-state index in [0.29, 0.717) is 17.9 Å². The Balaban J connectivity index is 2.19. The van der Waals surface area contributed by atoms with Crippen LogP contribution in [0.4, 0.5) is 0 Å². The minimum absolute atomic E-state index is 0.402. The monoisotopic (exact) mass is 308 g/mol. The third-order valence-corrected chi connectivity index (χ3v) is 4.16. The van der Waals surface area contributed by atoms with Gasteiger partial charge in [0.2, 0.25) is 0 Å². The maximum absolute atomic E-state index is 11.7. The van der Waals surface area contributed by atoms with Crippen LogP contribution in [0.3, 0.4) is 0 Å². The van der Waals surface area contributed by atoms with E-state index in [4.69, 9.17) is 9.47 Å². The number of hydrogen-bond donors (Lipinski definition) is 1. The van der Waals surface area contributed by atoms with Crippen molar-refractivity contribution in [3.05, 3.63) is 23.8 Å². The second-order valence-corrected chi connectivity index (χ2v) is 5.58. The van der Waals surface area contributed by atoms with Crippen LogP contribution >= 0.6 is 0 Å². The van der Waals surface area contributed by atoms with E-state index in [1.54, 1.807) is 14.2 Å². The summed E-state index contributed by atoms with van der Waals surface area (Å²) in [6.45, 7) is 3.30. The van der Waals surface area contributed by atoms with Crippen LogP contribution in [0.5, 0.6) is 11.5 Å². The van der Waals surface area contributed by atoms with Gasteiger partial charge in [0, 0.05) is 32.6 Å². The number of carboxylic acids is 1. The summed E-state index contributed by atoms with van der Waals surface area (Å²) in [6, 6.07) is 4.94. The largest absolute Gasteiger partial charge is 0.497 e. The summed E-state index contributed by atoms with van der Waals surface area (Å²) < 4.78 is 10.6. The van der Waals surface area contributed by atoms with Gasteiger partial charge >= 0.3 is 5.97 Å². The van der Waals surface area contributed by atoms with Crippen molar-refractivity contribution in [1.82, 2.24) is 9.80 Å². The number of likely N-dealkylation sites (N-methyl/N-ethyl adjacent to an activating group) is 1. The van der Waals surface area contributed by atoms with Gasteiger partial charge in [0.25, 0.3) is 0 Å². The quantitative estimate of drug-likeness (QED) is 0.844. The van der Waals surface area contributed by atoms with Crippen LogP contribution in [0.1, 0.15) is 5.56 Å². The first-order chi connectivity index (χ1) is 10.5. The van der Waals surface area contributed by atoms with Crippen LogP contribution in [0, 0.1) is 0 Å². The highest BCUT2D eigenvalue weighted by Crippen LogP contribution is 2.26. The zero-order chi connectivity index (χ0) is 16.1. The summed E-state index contributed by atoms with van der Waals surface area (Å²) in [5.74, 6) is 0.605. The standard InChI is InChI=1S/C16H24N2O4/c1-17-6-8-18(9-7-17)14(16(19)20)11-12-10-13(21-2)4-5-15(12)22-3/h4-5,10,14H,6-9,11H2,1-3H3,(H,19,20)/t14-/m0/s1. The van der Waals surface area contributed by atoms with Gasteiger partial charge in [0.15, 0.2) is 0 Å². The van der Waals surface area contributed by atoms with Crippen molar-refractivity contribution in [3.63, 3.8) is 0 Å². The summed E-state index contributed by atoms with van der Waals surface area (Å²) in [5.41, 5.74) is 0.855. The third kappa shape index (κ3) is 3.90. The number of benzene rings is 1. The molecule has 0 amide bonds. The fraction of sp³-hybridized carbons (Fsp3) is 0.562. The molecule has 2 rings (SSSR count). The number of hydrogen-bond acceptors (Lipinski definition) is 5. The highest BCUT2D eigenvalue weighted by Gasteiger charge is 2.29. The Morgan fingerprint density at radius 3 is 2.45 bits per heavy atom. The summed E-state index contributed by atoms with van der Waals surface area (Å²) in [4.78, 5) is 16.0. The van der Waals surface area contributed by atoms with Gasteiger partial charge in [0.05, 0.1) is 14.2 Å². The van der Waals surface area contributed by atoms with Gasteiger partial charge in [-0.3, -0.25) is 9.69 Å². The Bertz CT molecular complexity index is 513. The molecule has 0 unspecified atom stereocenters. The van der Waals surface area contributed by atoms with Crippen molar-refractivity contribution in [2.45, 2.75) is 12.5 Å². The summed E-state index contributed by atoms with van der Waals surface area (Å²) in [7, 11) is 5.25. The maximum Gasteiger partial charge on any atom is 0.321 e. The average Bonchev–Trinajstić information content (AvgIpc) is 2.53. The van der Waals surface area contributed by atoms with Crippen LogP contribution in [0.2, 0.25) is 0 Å². The average molecular weight is 308 g/mol. The number of piperazine rings is 1. The van der Waals surface area contributed by atoms with E-state index in [-0.39, 0.29) is 0 Å². The predicted molar refractivity (Wildman–Crippen MR) is 83.7 cm³/mol. The molecule has 6 heteroatoms. The number of ether oxygens (including phenoxy) is 2. The molecule has 122 valence electrons. The lowest BCUT2D eigenvalue weighted by Crippen LogP contribution is -2.52. The molecule has 1 aromatic carbocycles. The lowest BCUT2D eigenvalue weighted by Gasteiger charge is -2.36. The van der Waals surface area contributed by atoms with Gasteiger partial charge in [-0.05, 0) is 30.8 Å². The van der Waals surface area contributed by atoms with E-state index < -0.39 is 12.0 Å². The van der Waals surface area contributed by atoms with Gasteiger partial charge in [0.1, 0.15) is 17.5 Å². The maximum atomic E-state index is 11.7. The Hall–Kier alpha value is -1.79. The lowest BCUT2D eigenvalue weighted by atomic mass is 10.0. The summed E-state index contributed by atoms with van der Waals surface area (Å²) in [5, 5.41) is 9.62. The first-order valence-electron chi connectivity index (χ1n) is 7.41. The van der Waals surface area contributed by atoms with Gasteiger partial charge < -0.3 is 19.5 Å². The second kappa shape index (κ2) is 7.47. The van der Waals surface area contributed by atoms with Crippen LogP contribution in [-0.4, -0.2) is 74.4 Å². The van der Waals surface area contributed by atoms with Gasteiger partial charge in [-0.15, -0.1) is 0 Å². The van der Waals surface area contributed by atoms with E-state index in [2.05, 4.69) is 11.9 Å². The fourth-order valence-electron chi connectivity index (χ4n) is 2.76. The van der Waals surface area contributed by atoms with Crippen LogP contribution in [0.25, 0.3) is 0 Å². The molecule has 1 saturated heterocycles. The minimum Gasteiger partial charge on any atom is -0.497 e. The Kier molecular flexibility index (Phi) is 5.63. The lowest BCUT2D eigenvalue weighted by molar-refractivity contribution is -0.144. The van der Waals surface area contributed by atoms with Crippen LogP contribution in [0.15, 0.2) is 18.2 Å². The number of aliphatic carboxylic acids is 1. The first-order valence-corrected chi connectivity index (χ1v) is 7.41. The molecule has 22 heavy (non-hydrogen) atoms. The topological polar surface area (TPSA) is 62.2 Å². The van der Waals surface area contributed by atoms with E-state index in [0.717, 1.165) is 31.7 Å². The van der Waals surface area contributed by atoms with Crippen molar-refractivity contribution < 1.29 is 19.4 Å². The number of carboxylic acid groups (broad SMARTS) is 1. The normalized spacial score (nSPS) is 18.0. The smallest absolute Gasteiger partial charge is 0.321 e. The van der Waals surface area contributed by atoms with Crippen molar-refractivity contribution in [3.8, 4) is 11.5 Å². The predicted octanol–water partition coefficient (Wildman–Crippen LogP) is 0.947. The molecule has 0 aliphatic carbocycles. The van der Waals surface area contributed by atoms with Crippen molar-refractivity contribution in [1.29, 1.82) is 0 Å². The highest BCUT2D eigenvalue weighted by atomic mass is 16.5. The van der Waals surface area contributed by atoms with E-state index in [9.17, 15) is 9.90 Å². The zero-order valence-corrected chi connectivity index (χ0v) is 13.4. The molecule has 6 nitrogen and oxygen atoms in total. The molecule has 0 spiro atoms. The Labute approximate surface area is 131 Å². The number of carbonyl (C=O) groups is 1. The molecule has 1 aliphatic heterocycles. The Morgan fingerprint density at radius 1 is 1.23 bits per heavy atom. The number of rotatable bonds is 6. The molecule has 1 N–H and O–H groups in total. The molecule has 0 saturated carbocycles. The molecule has 1 atom stereocenters. The first kappa shape index (κ1) is 16.6. The molecule has 0 aromatic heterocycles. The molecule has 1 heterocycles. The fourth-order valence-corrected chi connectivity index (χ4v) is 2.76. The number of methoxy groups -OCH3 is 2. The van der Waals surface area contributed by atoms with Crippen molar-refractivity contribution in [2.75, 3.05) is 47.4 Å². The van der Waals surface area contributed by atoms with Crippen molar-refractivity contribution >= 4 is 5.97 Å². The number of nitrogens with zero attached hydrogens (tertiary/aromatic N) is 2. The van der Waals surface area contributed by atoms with E-state index >= 15 is 0 Å². The summed E-state index contributed by atoms with van der Waals surface area (Å²) >= 11 is 0. The molecule has 1 fully saturated rings. The highest BCUT2D eigenvalue weighted by molar-refractivity contribution is 5.74. The molecular weight excluding hydrogens is 284 g/mol. The van der Waals surface area contributed by atoms with Gasteiger partial charge in [-0.25, -0.2) is 0 Å². The van der Waals surface area contributed by atoms with E-state index in [1.807, 2.05) is 23.1 Å². The molecular formula is C16H24N2O4. The second-order valence-electron chi connectivity index (χ2n) is 5.58. The molecule has 0 radical (unpaired) electrons. The zero-order valence-electron chi connectivity index (χ0n) is 13.4. The van der Waals surface area contributed by atoms with Crippen LogP contribution in [-0.2, 0) is 11.2 Å². The minimum atomic E-state index is -0.797.